The molecule has 1 aliphatic rings. The molecule has 4 aromatic rings. The number of carbonyl (C=O) groups excluding carboxylic acids is 1. The molecule has 0 aliphatic carbocycles. The number of rotatable bonds is 4. The summed E-state index contributed by atoms with van der Waals surface area (Å²) in [5.41, 5.74) is 3.18. The van der Waals surface area contributed by atoms with Crippen molar-refractivity contribution in [2.24, 2.45) is 0 Å². The summed E-state index contributed by atoms with van der Waals surface area (Å²) in [5.74, 6) is -1.32. The molecule has 32 heavy (non-hydrogen) atoms. The van der Waals surface area contributed by atoms with Crippen LogP contribution in [0.5, 0.6) is 5.88 Å². The molecule has 3 heterocycles. The fraction of sp³-hybridized carbons (Fsp3) is 0.250. The van der Waals surface area contributed by atoms with Crippen molar-refractivity contribution < 1.29 is 14.3 Å². The van der Waals surface area contributed by atoms with Gasteiger partial charge in [-0.05, 0) is 36.9 Å². The van der Waals surface area contributed by atoms with E-state index in [4.69, 9.17) is 0 Å². The smallest absolute Gasteiger partial charge is 0.257 e. The first kappa shape index (κ1) is 20.1. The molecule has 162 valence electrons. The van der Waals surface area contributed by atoms with Crippen LogP contribution in [-0.4, -0.2) is 30.8 Å². The van der Waals surface area contributed by atoms with Crippen molar-refractivity contribution in [1.82, 2.24) is 24.9 Å². The number of nitrogens with zero attached hydrogens (tertiary/aromatic N) is 5. The lowest BCUT2D eigenvalue weighted by Gasteiger charge is -2.17. The van der Waals surface area contributed by atoms with Gasteiger partial charge in [0.05, 0.1) is 23.5 Å². The van der Waals surface area contributed by atoms with Crippen LogP contribution in [0.3, 0.4) is 0 Å². The molecule has 0 unspecified atom stereocenters. The van der Waals surface area contributed by atoms with Crippen LogP contribution in [0.25, 0.3) is 10.8 Å². The molecule has 0 N–H and O–H groups in total. The molecule has 0 spiro atoms. The molecule has 1 aliphatic heterocycles. The molecule has 0 bridgehead atoms. The molecule has 1 amide bonds. The van der Waals surface area contributed by atoms with Crippen LogP contribution in [0.2, 0.25) is 0 Å². The molecule has 0 saturated carbocycles. The van der Waals surface area contributed by atoms with Gasteiger partial charge in [-0.2, -0.15) is 15.3 Å². The Balaban J connectivity index is 1.41. The summed E-state index contributed by atoms with van der Waals surface area (Å²) >= 11 is 0. The molecule has 5 rings (SSSR count). The van der Waals surface area contributed by atoms with Crippen molar-refractivity contribution in [2.75, 3.05) is 0 Å². The second-order valence-electron chi connectivity index (χ2n) is 8.32. The zero-order valence-corrected chi connectivity index (χ0v) is 17.7. The van der Waals surface area contributed by atoms with Crippen LogP contribution in [-0.2, 0) is 19.5 Å². The molecule has 8 heteroatoms. The van der Waals surface area contributed by atoms with Gasteiger partial charge in [0.15, 0.2) is 0 Å². The largest absolute Gasteiger partial charge is 0.857 e. The monoisotopic (exact) mass is 430 g/mol. The van der Waals surface area contributed by atoms with Crippen LogP contribution in [0.15, 0.2) is 48.7 Å². The van der Waals surface area contributed by atoms with Crippen LogP contribution >= 0.6 is 0 Å². The summed E-state index contributed by atoms with van der Waals surface area (Å²) in [7, 11) is 0. The summed E-state index contributed by atoms with van der Waals surface area (Å²) in [6.45, 7) is 4.86. The molecule has 0 saturated heterocycles. The zero-order valence-electron chi connectivity index (χ0n) is 17.7. The van der Waals surface area contributed by atoms with Gasteiger partial charge in [-0.3, -0.25) is 9.48 Å². The van der Waals surface area contributed by atoms with Crippen LogP contribution in [0.1, 0.15) is 52.8 Å². The molecule has 0 atom stereocenters. The number of benzene rings is 2. The molecular weight excluding hydrogens is 409 g/mol. The standard InChI is InChI=1S/C24H22FN5O2/c1-14(2)30-12-16-11-29(13-22(16)28-30)24(32)19-9-15(7-8-20(19)25)10-21-17-5-3-4-6-18(17)23(31)27-26-21/h3-9,12,14H,10-11,13H2,1-2H3,(H,27,31)/p-1. The van der Waals surface area contributed by atoms with Crippen LogP contribution in [0, 0.1) is 5.82 Å². The Hall–Kier alpha value is -3.81. The van der Waals surface area contributed by atoms with E-state index in [0.29, 0.717) is 36.0 Å². The van der Waals surface area contributed by atoms with Gasteiger partial charge in [-0.15, -0.1) is 0 Å². The van der Waals surface area contributed by atoms with E-state index in [1.807, 2.05) is 36.9 Å². The molecule has 2 aromatic carbocycles. The zero-order chi connectivity index (χ0) is 22.4. The summed E-state index contributed by atoms with van der Waals surface area (Å²) < 4.78 is 16.5. The molecule has 2 aromatic heterocycles. The van der Waals surface area contributed by atoms with Gasteiger partial charge >= 0.3 is 0 Å². The molecule has 0 radical (unpaired) electrons. The number of hydrogen-bond donors (Lipinski definition) is 0. The Morgan fingerprint density at radius 3 is 2.66 bits per heavy atom. The van der Waals surface area contributed by atoms with E-state index in [-0.39, 0.29) is 23.4 Å². The fourth-order valence-corrected chi connectivity index (χ4v) is 4.06. The van der Waals surface area contributed by atoms with Crippen molar-refractivity contribution >= 4 is 16.7 Å². The number of carbonyl (C=O) groups is 1. The van der Waals surface area contributed by atoms with E-state index < -0.39 is 5.82 Å². The highest BCUT2D eigenvalue weighted by Gasteiger charge is 2.29. The maximum absolute atomic E-state index is 14.6. The first-order chi connectivity index (χ1) is 15.4. The number of hydrogen-bond acceptors (Lipinski definition) is 5. The molecule has 0 fully saturated rings. The fourth-order valence-electron chi connectivity index (χ4n) is 4.06. The quantitative estimate of drug-likeness (QED) is 0.495. The predicted molar refractivity (Wildman–Crippen MR) is 114 cm³/mol. The van der Waals surface area contributed by atoms with Gasteiger partial charge < -0.3 is 10.0 Å². The maximum Gasteiger partial charge on any atom is 0.257 e. The number of aromatic nitrogens is 4. The Kier molecular flexibility index (Phi) is 4.84. The lowest BCUT2D eigenvalue weighted by atomic mass is 10.0. The third-order valence-corrected chi connectivity index (χ3v) is 5.78. The average molecular weight is 430 g/mol. The minimum atomic E-state index is -0.568. The van der Waals surface area contributed by atoms with Gasteiger partial charge in [0.2, 0.25) is 0 Å². The topological polar surface area (TPSA) is 87.0 Å². The number of fused-ring (bicyclic) bond motifs is 2. The van der Waals surface area contributed by atoms with Crippen molar-refractivity contribution in [2.45, 2.75) is 39.4 Å². The Morgan fingerprint density at radius 1 is 1.12 bits per heavy atom. The highest BCUT2D eigenvalue weighted by Crippen LogP contribution is 2.27. The van der Waals surface area contributed by atoms with Crippen molar-refractivity contribution in [3.63, 3.8) is 0 Å². The summed E-state index contributed by atoms with van der Waals surface area (Å²) in [6.07, 6.45) is 2.28. The van der Waals surface area contributed by atoms with E-state index in [2.05, 4.69) is 15.3 Å². The normalized spacial score (nSPS) is 13.2. The predicted octanol–water partition coefficient (Wildman–Crippen LogP) is 3.37. The summed E-state index contributed by atoms with van der Waals surface area (Å²) in [5, 5.41) is 25.5. The Morgan fingerprint density at radius 2 is 1.91 bits per heavy atom. The second-order valence-corrected chi connectivity index (χ2v) is 8.32. The van der Waals surface area contributed by atoms with Crippen molar-refractivity contribution in [3.05, 3.63) is 82.6 Å². The Labute approximate surface area is 184 Å². The first-order valence-electron chi connectivity index (χ1n) is 10.5. The highest BCUT2D eigenvalue weighted by molar-refractivity contribution is 5.95. The van der Waals surface area contributed by atoms with Gasteiger partial charge in [0, 0.05) is 42.0 Å². The third kappa shape index (κ3) is 3.47. The van der Waals surface area contributed by atoms with E-state index in [1.165, 1.54) is 6.07 Å². The molecule has 7 nitrogen and oxygen atoms in total. The van der Waals surface area contributed by atoms with Crippen molar-refractivity contribution in [3.8, 4) is 5.88 Å². The minimum Gasteiger partial charge on any atom is -0.857 e. The van der Waals surface area contributed by atoms with Gasteiger partial charge in [-0.1, -0.05) is 30.3 Å². The Bertz CT molecular complexity index is 1320. The highest BCUT2D eigenvalue weighted by atomic mass is 19.1. The van der Waals surface area contributed by atoms with E-state index in [9.17, 15) is 14.3 Å². The maximum atomic E-state index is 14.6. The van der Waals surface area contributed by atoms with Gasteiger partial charge in [0.25, 0.3) is 5.91 Å². The lowest BCUT2D eigenvalue weighted by molar-refractivity contribution is -0.273. The number of amides is 1. The van der Waals surface area contributed by atoms with Gasteiger partial charge in [-0.25, -0.2) is 4.39 Å². The summed E-state index contributed by atoms with van der Waals surface area (Å²) in [6, 6.07) is 11.8. The minimum absolute atomic E-state index is 0.0158. The third-order valence-electron chi connectivity index (χ3n) is 5.78. The number of halogens is 1. The van der Waals surface area contributed by atoms with E-state index in [0.717, 1.165) is 16.8 Å². The SMILES string of the molecule is CC(C)n1cc2c(n1)CN(C(=O)c1cc(Cc3nnc([O-])c4ccccc34)ccc1F)C2. The summed E-state index contributed by atoms with van der Waals surface area (Å²) in [4.78, 5) is 14.7. The van der Waals surface area contributed by atoms with E-state index in [1.54, 1.807) is 29.2 Å². The average Bonchev–Trinajstić information content (AvgIpc) is 3.36. The van der Waals surface area contributed by atoms with Crippen LogP contribution in [0.4, 0.5) is 4.39 Å². The van der Waals surface area contributed by atoms with Crippen LogP contribution < -0.4 is 5.11 Å². The van der Waals surface area contributed by atoms with Gasteiger partial charge in [0.1, 0.15) is 5.82 Å². The second kappa shape index (κ2) is 7.71. The molecular formula is C24H21FN5O2-. The van der Waals surface area contributed by atoms with E-state index >= 15 is 0 Å². The van der Waals surface area contributed by atoms with Crippen molar-refractivity contribution in [1.29, 1.82) is 0 Å². The first-order valence-corrected chi connectivity index (χ1v) is 10.5. The lowest BCUT2D eigenvalue weighted by Crippen LogP contribution is -2.27.